The minimum atomic E-state index is 0.105. The van der Waals surface area contributed by atoms with Crippen molar-refractivity contribution in [2.45, 2.75) is 59.6 Å². The summed E-state index contributed by atoms with van der Waals surface area (Å²) in [5.41, 5.74) is 0.105. The van der Waals surface area contributed by atoms with Gasteiger partial charge in [0.05, 0.1) is 6.10 Å². The average Bonchev–Trinajstić information content (AvgIpc) is 2.10. The summed E-state index contributed by atoms with van der Waals surface area (Å²) >= 11 is 0. The summed E-state index contributed by atoms with van der Waals surface area (Å²) in [6, 6.07) is 0.233. The number of ether oxygens (including phenoxy) is 1. The molecule has 1 amide bonds. The molecule has 1 aliphatic rings. The van der Waals surface area contributed by atoms with E-state index in [4.69, 9.17) is 4.74 Å². The van der Waals surface area contributed by atoms with E-state index in [0.29, 0.717) is 5.92 Å². The number of carbonyl (C=O) groups excluding carboxylic acids is 1. The molecule has 0 aromatic carbocycles. The summed E-state index contributed by atoms with van der Waals surface area (Å²) < 4.78 is 5.21. The topological polar surface area (TPSA) is 38.3 Å². The standard InChI is InChI=1S/C14H27NO2/c1-9(2)12(14(3,4)5)15-13(16)10-7-11(8-10)17-6/h9-12H,7-8H2,1-6H3,(H,15,16)/t10?,11?,12-/m1/s1. The first-order chi connectivity index (χ1) is 7.75. The number of carbonyl (C=O) groups is 1. The quantitative estimate of drug-likeness (QED) is 0.821. The monoisotopic (exact) mass is 241 g/mol. The Morgan fingerprint density at radius 2 is 1.82 bits per heavy atom. The molecule has 0 aromatic heterocycles. The van der Waals surface area contributed by atoms with Crippen molar-refractivity contribution in [1.29, 1.82) is 0 Å². The van der Waals surface area contributed by atoms with Gasteiger partial charge in [0.2, 0.25) is 5.91 Å². The molecule has 0 bridgehead atoms. The van der Waals surface area contributed by atoms with Gasteiger partial charge >= 0.3 is 0 Å². The van der Waals surface area contributed by atoms with Crippen molar-refractivity contribution in [1.82, 2.24) is 5.32 Å². The maximum absolute atomic E-state index is 12.1. The Morgan fingerprint density at radius 3 is 2.18 bits per heavy atom. The van der Waals surface area contributed by atoms with E-state index in [1.807, 2.05) is 0 Å². The fraction of sp³-hybridized carbons (Fsp3) is 0.929. The number of hydrogen-bond acceptors (Lipinski definition) is 2. The maximum Gasteiger partial charge on any atom is 0.223 e. The first-order valence-electron chi connectivity index (χ1n) is 6.59. The summed E-state index contributed by atoms with van der Waals surface area (Å²) in [4.78, 5) is 12.1. The number of amides is 1. The summed E-state index contributed by atoms with van der Waals surface area (Å²) in [7, 11) is 1.71. The fourth-order valence-corrected chi connectivity index (χ4v) is 2.63. The molecule has 1 saturated carbocycles. The minimum absolute atomic E-state index is 0.105. The molecule has 1 aliphatic carbocycles. The van der Waals surface area contributed by atoms with E-state index < -0.39 is 0 Å². The van der Waals surface area contributed by atoms with Crippen molar-refractivity contribution < 1.29 is 9.53 Å². The SMILES string of the molecule is COC1CC(C(=O)N[C@H](C(C)C)C(C)(C)C)C1. The van der Waals surface area contributed by atoms with Crippen molar-refractivity contribution in [2.24, 2.45) is 17.3 Å². The molecule has 1 N–H and O–H groups in total. The van der Waals surface area contributed by atoms with E-state index >= 15 is 0 Å². The molecule has 1 rings (SSSR count). The number of methoxy groups -OCH3 is 1. The molecule has 0 radical (unpaired) electrons. The fourth-order valence-electron chi connectivity index (χ4n) is 2.63. The Kier molecular flexibility index (Phi) is 4.59. The van der Waals surface area contributed by atoms with Crippen LogP contribution >= 0.6 is 0 Å². The summed E-state index contributed by atoms with van der Waals surface area (Å²) in [6.07, 6.45) is 2.03. The zero-order valence-electron chi connectivity index (χ0n) is 12.0. The zero-order chi connectivity index (χ0) is 13.2. The van der Waals surface area contributed by atoms with Crippen LogP contribution in [-0.4, -0.2) is 25.2 Å². The molecule has 17 heavy (non-hydrogen) atoms. The second kappa shape index (κ2) is 5.38. The van der Waals surface area contributed by atoms with E-state index in [9.17, 15) is 4.79 Å². The lowest BCUT2D eigenvalue weighted by molar-refractivity contribution is -0.134. The van der Waals surface area contributed by atoms with Crippen LogP contribution in [0.25, 0.3) is 0 Å². The normalized spacial score (nSPS) is 26.5. The molecule has 1 fully saturated rings. The highest BCUT2D eigenvalue weighted by atomic mass is 16.5. The van der Waals surface area contributed by atoms with Crippen LogP contribution in [0.15, 0.2) is 0 Å². The van der Waals surface area contributed by atoms with Gasteiger partial charge in [0.25, 0.3) is 0 Å². The Hall–Kier alpha value is -0.570. The van der Waals surface area contributed by atoms with Crippen LogP contribution in [0, 0.1) is 17.3 Å². The first kappa shape index (κ1) is 14.5. The van der Waals surface area contributed by atoms with E-state index in [2.05, 4.69) is 39.9 Å². The van der Waals surface area contributed by atoms with Gasteiger partial charge in [-0.1, -0.05) is 34.6 Å². The van der Waals surface area contributed by atoms with Gasteiger partial charge in [-0.25, -0.2) is 0 Å². The van der Waals surface area contributed by atoms with E-state index in [0.717, 1.165) is 12.8 Å². The Morgan fingerprint density at radius 1 is 1.29 bits per heavy atom. The smallest absolute Gasteiger partial charge is 0.223 e. The van der Waals surface area contributed by atoms with Crippen LogP contribution in [-0.2, 0) is 9.53 Å². The van der Waals surface area contributed by atoms with Gasteiger partial charge in [-0.15, -0.1) is 0 Å². The van der Waals surface area contributed by atoms with Gasteiger partial charge in [0.15, 0.2) is 0 Å². The van der Waals surface area contributed by atoms with Gasteiger partial charge < -0.3 is 10.1 Å². The van der Waals surface area contributed by atoms with Crippen molar-refractivity contribution in [3.63, 3.8) is 0 Å². The molecular weight excluding hydrogens is 214 g/mol. The van der Waals surface area contributed by atoms with Crippen molar-refractivity contribution in [2.75, 3.05) is 7.11 Å². The zero-order valence-corrected chi connectivity index (χ0v) is 12.0. The minimum Gasteiger partial charge on any atom is -0.381 e. The second-order valence-electron chi connectivity index (χ2n) is 6.62. The molecule has 0 unspecified atom stereocenters. The number of hydrogen-bond donors (Lipinski definition) is 1. The van der Waals surface area contributed by atoms with E-state index in [1.54, 1.807) is 7.11 Å². The third-order valence-electron chi connectivity index (χ3n) is 3.70. The number of rotatable bonds is 4. The third kappa shape index (κ3) is 3.70. The highest BCUT2D eigenvalue weighted by molar-refractivity contribution is 5.80. The van der Waals surface area contributed by atoms with Gasteiger partial charge in [0.1, 0.15) is 0 Å². The Balaban J connectivity index is 2.49. The Labute approximate surface area is 105 Å². The lowest BCUT2D eigenvalue weighted by Gasteiger charge is -2.39. The van der Waals surface area contributed by atoms with Gasteiger partial charge in [-0.2, -0.15) is 0 Å². The van der Waals surface area contributed by atoms with Gasteiger partial charge in [-0.3, -0.25) is 4.79 Å². The van der Waals surface area contributed by atoms with Crippen LogP contribution in [0.3, 0.4) is 0 Å². The highest BCUT2D eigenvalue weighted by Crippen LogP contribution is 2.31. The molecule has 1 atom stereocenters. The molecule has 0 aliphatic heterocycles. The predicted molar refractivity (Wildman–Crippen MR) is 69.7 cm³/mol. The molecule has 3 nitrogen and oxygen atoms in total. The van der Waals surface area contributed by atoms with Crippen LogP contribution in [0.4, 0.5) is 0 Å². The molecule has 0 heterocycles. The second-order valence-corrected chi connectivity index (χ2v) is 6.62. The Bertz CT molecular complexity index is 262. The summed E-state index contributed by atoms with van der Waals surface area (Å²) in [5, 5.41) is 3.21. The lowest BCUT2D eigenvalue weighted by Crippen LogP contribution is -2.51. The molecular formula is C14H27NO2. The third-order valence-corrected chi connectivity index (χ3v) is 3.70. The van der Waals surface area contributed by atoms with Gasteiger partial charge in [0, 0.05) is 19.1 Å². The molecule has 100 valence electrons. The van der Waals surface area contributed by atoms with Crippen molar-refractivity contribution >= 4 is 5.91 Å². The van der Waals surface area contributed by atoms with Crippen LogP contribution < -0.4 is 5.32 Å². The molecule has 3 heteroatoms. The predicted octanol–water partition coefficient (Wildman–Crippen LogP) is 2.60. The molecule has 0 spiro atoms. The van der Waals surface area contributed by atoms with Gasteiger partial charge in [-0.05, 0) is 24.2 Å². The molecule has 0 saturated heterocycles. The van der Waals surface area contributed by atoms with Crippen LogP contribution in [0.1, 0.15) is 47.5 Å². The summed E-state index contributed by atoms with van der Waals surface area (Å²) in [5.74, 6) is 0.813. The van der Waals surface area contributed by atoms with Crippen molar-refractivity contribution in [3.8, 4) is 0 Å². The van der Waals surface area contributed by atoms with E-state index in [-0.39, 0.29) is 29.4 Å². The van der Waals surface area contributed by atoms with Crippen molar-refractivity contribution in [3.05, 3.63) is 0 Å². The summed E-state index contributed by atoms with van der Waals surface area (Å²) in [6.45, 7) is 10.9. The van der Waals surface area contributed by atoms with Crippen LogP contribution in [0.5, 0.6) is 0 Å². The largest absolute Gasteiger partial charge is 0.381 e. The van der Waals surface area contributed by atoms with Crippen LogP contribution in [0.2, 0.25) is 0 Å². The highest BCUT2D eigenvalue weighted by Gasteiger charge is 2.37. The van der Waals surface area contributed by atoms with E-state index in [1.165, 1.54) is 0 Å². The average molecular weight is 241 g/mol. The first-order valence-corrected chi connectivity index (χ1v) is 6.59. The number of nitrogens with one attached hydrogen (secondary N) is 1. The lowest BCUT2D eigenvalue weighted by atomic mass is 9.78. The molecule has 0 aromatic rings. The maximum atomic E-state index is 12.1.